The molecule has 0 aromatic heterocycles. The molecule has 0 saturated heterocycles. The zero-order chi connectivity index (χ0) is 15.1. The Bertz CT molecular complexity index is 548. The molecule has 1 aromatic rings. The van der Waals surface area contributed by atoms with Crippen LogP contribution in [0.15, 0.2) is 23.2 Å². The Balaban J connectivity index is 0.00000220. The molecule has 0 fully saturated rings. The lowest BCUT2D eigenvalue weighted by molar-refractivity contribution is 0.284. The van der Waals surface area contributed by atoms with Gasteiger partial charge < -0.3 is 10.1 Å². The molecule has 1 aromatic carbocycles. The quantitative estimate of drug-likeness (QED) is 0.930. The largest absolute Gasteiger partial charge is 0.480 e. The molecule has 0 spiro atoms. The van der Waals surface area contributed by atoms with Gasteiger partial charge in [-0.25, -0.2) is 0 Å². The molecule has 0 unspecified atom stereocenters. The molecule has 1 heterocycles. The Kier molecular flexibility index (Phi) is 3.47. The number of benzene rings is 1. The third-order valence-corrected chi connectivity index (χ3v) is 2.62. The molecule has 0 aliphatic carbocycles. The van der Waals surface area contributed by atoms with Crippen molar-refractivity contribution < 1.29 is 10.2 Å². The molecular formula is C11H13Cl3N2O. The SMILES string of the molecule is Cl.[2H]C1([2H])N=C([C@H](C)Oc2c(Cl)cccc2Cl)NC1([2H])[2H]. The average molecular weight is 300 g/mol. The van der Waals surface area contributed by atoms with Gasteiger partial charge in [-0.1, -0.05) is 29.3 Å². The molecule has 0 saturated carbocycles. The Hall–Kier alpha value is -0.640. The van der Waals surface area contributed by atoms with E-state index in [0.29, 0.717) is 10.0 Å². The standard InChI is InChI=1S/C11H12Cl2N2O.ClH/c1-7(11-14-5-6-15-11)16-10-8(12)3-2-4-9(10)13;/h2-4,7H,5-6H2,1H3,(H,14,15);1H/t7-;/m0./s1/i5D2,6D2;. The van der Waals surface area contributed by atoms with Crippen molar-refractivity contribution in [2.75, 3.05) is 13.0 Å². The van der Waals surface area contributed by atoms with E-state index in [-0.39, 0.29) is 24.0 Å². The fraction of sp³-hybridized carbons (Fsp3) is 0.364. The van der Waals surface area contributed by atoms with E-state index in [1.54, 1.807) is 25.1 Å². The van der Waals surface area contributed by atoms with Gasteiger partial charge in [0.1, 0.15) is 5.84 Å². The molecule has 0 amide bonds. The van der Waals surface area contributed by atoms with Crippen molar-refractivity contribution in [3.05, 3.63) is 28.2 Å². The number of halogens is 3. The van der Waals surface area contributed by atoms with E-state index in [2.05, 4.69) is 10.3 Å². The number of para-hydroxylation sites is 1. The summed E-state index contributed by atoms with van der Waals surface area (Å²) < 4.78 is 35.6. The highest BCUT2D eigenvalue weighted by molar-refractivity contribution is 6.37. The highest BCUT2D eigenvalue weighted by atomic mass is 35.5. The van der Waals surface area contributed by atoms with Gasteiger partial charge in [-0.15, -0.1) is 12.4 Å². The number of nitrogens with zero attached hydrogens (tertiary/aromatic N) is 1. The van der Waals surface area contributed by atoms with Gasteiger partial charge in [-0.05, 0) is 19.1 Å². The summed E-state index contributed by atoms with van der Waals surface area (Å²) in [4.78, 5) is 3.68. The summed E-state index contributed by atoms with van der Waals surface area (Å²) >= 11 is 11.9. The van der Waals surface area contributed by atoms with Gasteiger partial charge in [0, 0.05) is 6.50 Å². The minimum atomic E-state index is -2.36. The van der Waals surface area contributed by atoms with Crippen LogP contribution in [0.4, 0.5) is 0 Å². The fourth-order valence-corrected chi connectivity index (χ4v) is 1.71. The molecule has 1 aliphatic rings. The van der Waals surface area contributed by atoms with E-state index in [1.807, 2.05) is 0 Å². The van der Waals surface area contributed by atoms with Crippen molar-refractivity contribution in [1.29, 1.82) is 0 Å². The van der Waals surface area contributed by atoms with E-state index in [1.165, 1.54) is 0 Å². The summed E-state index contributed by atoms with van der Waals surface area (Å²) in [5.74, 6) is 0.317. The summed E-state index contributed by atoms with van der Waals surface area (Å²) in [5, 5.41) is 3.00. The summed E-state index contributed by atoms with van der Waals surface area (Å²) in [6.07, 6.45) is -0.722. The first-order valence-electron chi connectivity index (χ1n) is 6.63. The van der Waals surface area contributed by atoms with Crippen LogP contribution in [0.25, 0.3) is 0 Å². The van der Waals surface area contributed by atoms with Crippen molar-refractivity contribution in [2.45, 2.75) is 13.0 Å². The monoisotopic (exact) mass is 298 g/mol. The second-order valence-corrected chi connectivity index (χ2v) is 3.98. The average Bonchev–Trinajstić information content (AvgIpc) is 2.53. The second-order valence-electron chi connectivity index (χ2n) is 3.17. The number of hydrogen-bond donors (Lipinski definition) is 1. The molecule has 1 atom stereocenters. The van der Waals surface area contributed by atoms with E-state index in [4.69, 9.17) is 33.4 Å². The Morgan fingerprint density at radius 3 is 2.65 bits per heavy atom. The lowest BCUT2D eigenvalue weighted by atomic mass is 10.3. The molecule has 3 nitrogen and oxygen atoms in total. The van der Waals surface area contributed by atoms with Gasteiger partial charge in [-0.3, -0.25) is 4.99 Å². The summed E-state index contributed by atoms with van der Waals surface area (Å²) in [6, 6.07) is 4.89. The summed E-state index contributed by atoms with van der Waals surface area (Å²) in [5.41, 5.74) is 0. The first-order chi connectivity index (χ1) is 9.14. The van der Waals surface area contributed by atoms with Crippen molar-refractivity contribution in [3.63, 3.8) is 0 Å². The van der Waals surface area contributed by atoms with Crippen LogP contribution in [-0.2, 0) is 0 Å². The van der Waals surface area contributed by atoms with Crippen LogP contribution in [0.1, 0.15) is 12.4 Å². The van der Waals surface area contributed by atoms with Crippen LogP contribution >= 0.6 is 35.6 Å². The predicted molar refractivity (Wildman–Crippen MR) is 74.1 cm³/mol. The van der Waals surface area contributed by atoms with Gasteiger partial charge in [0.2, 0.25) is 0 Å². The van der Waals surface area contributed by atoms with Crippen LogP contribution in [0.2, 0.25) is 10.0 Å². The van der Waals surface area contributed by atoms with Crippen LogP contribution in [0, 0.1) is 0 Å². The van der Waals surface area contributed by atoms with E-state index >= 15 is 0 Å². The topological polar surface area (TPSA) is 33.6 Å². The van der Waals surface area contributed by atoms with Crippen LogP contribution in [0.5, 0.6) is 5.75 Å². The molecule has 0 bridgehead atoms. The summed E-state index contributed by atoms with van der Waals surface area (Å²) in [6.45, 7) is -3.04. The third kappa shape index (κ3) is 3.41. The van der Waals surface area contributed by atoms with Crippen LogP contribution in [-0.4, -0.2) is 24.9 Å². The molecule has 17 heavy (non-hydrogen) atoms. The first kappa shape index (κ1) is 9.31. The van der Waals surface area contributed by atoms with Gasteiger partial charge >= 0.3 is 0 Å². The zero-order valence-corrected chi connectivity index (χ0v) is 11.2. The van der Waals surface area contributed by atoms with Gasteiger partial charge in [-0.2, -0.15) is 0 Å². The first-order valence-corrected chi connectivity index (χ1v) is 5.38. The molecule has 1 N–H and O–H groups in total. The summed E-state index contributed by atoms with van der Waals surface area (Å²) in [7, 11) is 0. The number of nitrogens with one attached hydrogen (secondary N) is 1. The van der Waals surface area contributed by atoms with Gasteiger partial charge in [0.05, 0.1) is 22.0 Å². The smallest absolute Gasteiger partial charge is 0.157 e. The molecule has 1 aliphatic heterocycles. The minimum Gasteiger partial charge on any atom is -0.480 e. The normalized spacial score (nSPS) is 25.0. The van der Waals surface area contributed by atoms with Crippen molar-refractivity contribution in [3.8, 4) is 5.75 Å². The number of aliphatic imine (C=N–C) groups is 1. The molecular weight excluding hydrogens is 282 g/mol. The van der Waals surface area contributed by atoms with Crippen molar-refractivity contribution in [1.82, 2.24) is 5.32 Å². The Morgan fingerprint density at radius 1 is 1.47 bits per heavy atom. The van der Waals surface area contributed by atoms with Gasteiger partial charge in [0.25, 0.3) is 0 Å². The molecule has 0 radical (unpaired) electrons. The van der Waals surface area contributed by atoms with Crippen molar-refractivity contribution in [2.24, 2.45) is 4.99 Å². The molecule has 94 valence electrons. The highest BCUT2D eigenvalue weighted by Crippen LogP contribution is 2.33. The van der Waals surface area contributed by atoms with Crippen LogP contribution in [0.3, 0.4) is 0 Å². The molecule has 6 heteroatoms. The number of rotatable bonds is 3. The third-order valence-electron chi connectivity index (χ3n) is 2.02. The molecule has 2 rings (SSSR count). The maximum Gasteiger partial charge on any atom is 0.157 e. The number of amidine groups is 1. The number of ether oxygens (including phenoxy) is 1. The second kappa shape index (κ2) is 6.34. The zero-order valence-electron chi connectivity index (χ0n) is 12.8. The van der Waals surface area contributed by atoms with Crippen molar-refractivity contribution >= 4 is 41.4 Å². The van der Waals surface area contributed by atoms with Crippen LogP contribution < -0.4 is 10.1 Å². The van der Waals surface area contributed by atoms with E-state index < -0.39 is 19.1 Å². The fourth-order valence-electron chi connectivity index (χ4n) is 1.23. The predicted octanol–water partition coefficient (Wildman–Crippen LogP) is 3.18. The van der Waals surface area contributed by atoms with E-state index in [9.17, 15) is 0 Å². The maximum absolute atomic E-state index is 7.54. The van der Waals surface area contributed by atoms with Gasteiger partial charge in [0.15, 0.2) is 11.9 Å². The Labute approximate surface area is 122 Å². The van der Waals surface area contributed by atoms with E-state index in [0.717, 1.165) is 0 Å². The minimum absolute atomic E-state index is 0. The maximum atomic E-state index is 7.54. The Morgan fingerprint density at radius 2 is 2.12 bits per heavy atom. The number of hydrogen-bond acceptors (Lipinski definition) is 3. The highest BCUT2D eigenvalue weighted by Gasteiger charge is 2.17. The lowest BCUT2D eigenvalue weighted by Crippen LogP contribution is -2.33. The lowest BCUT2D eigenvalue weighted by Gasteiger charge is -2.16.